The number of nitrogens with one attached hydrogen (secondary N) is 1. The maximum Gasteiger partial charge on any atom is 0.142 e. The molecule has 0 fully saturated rings. The van der Waals surface area contributed by atoms with Gasteiger partial charge in [0.05, 0.1) is 12.3 Å². The minimum Gasteiger partial charge on any atom is -0.494 e. The molecule has 0 heterocycles. The number of unbranched alkanes of at least 4 members (excludes halogenated alkanes) is 4. The van der Waals surface area contributed by atoms with Crippen LogP contribution < -0.4 is 14.8 Å². The van der Waals surface area contributed by atoms with E-state index in [1.165, 1.54) is 31.2 Å². The number of hydrogen-bond donors (Lipinski definition) is 1. The Kier molecular flexibility index (Phi) is 9.13. The van der Waals surface area contributed by atoms with Crippen molar-refractivity contribution < 1.29 is 9.47 Å². The quantitative estimate of drug-likeness (QED) is 0.305. The van der Waals surface area contributed by atoms with Crippen LogP contribution in [0.4, 0.5) is 5.69 Å². The lowest BCUT2D eigenvalue weighted by Crippen LogP contribution is -2.03. The van der Waals surface area contributed by atoms with Gasteiger partial charge >= 0.3 is 0 Å². The summed E-state index contributed by atoms with van der Waals surface area (Å²) in [5.74, 6) is 1.81. The molecule has 30 heavy (non-hydrogen) atoms. The largest absolute Gasteiger partial charge is 0.494 e. The van der Waals surface area contributed by atoms with Gasteiger partial charge in [0.15, 0.2) is 0 Å². The number of rotatable bonds is 13. The normalized spacial score (nSPS) is 10.6. The van der Waals surface area contributed by atoms with E-state index < -0.39 is 0 Å². The van der Waals surface area contributed by atoms with Gasteiger partial charge in [-0.15, -0.1) is 0 Å². The molecule has 0 amide bonds. The third-order valence-corrected chi connectivity index (χ3v) is 5.05. The van der Waals surface area contributed by atoms with E-state index in [-0.39, 0.29) is 0 Å². The lowest BCUT2D eigenvalue weighted by molar-refractivity contribution is 0.304. The van der Waals surface area contributed by atoms with Crippen LogP contribution in [0.2, 0.25) is 0 Å². The Balaban J connectivity index is 1.45. The first-order valence-electron chi connectivity index (χ1n) is 11.1. The van der Waals surface area contributed by atoms with Crippen molar-refractivity contribution in [3.63, 3.8) is 0 Å². The fraction of sp³-hybridized carbons (Fsp3) is 0.333. The molecule has 0 saturated heterocycles. The van der Waals surface area contributed by atoms with Gasteiger partial charge < -0.3 is 14.8 Å². The molecule has 0 spiro atoms. The molecule has 158 valence electrons. The maximum atomic E-state index is 6.03. The van der Waals surface area contributed by atoms with Gasteiger partial charge in [0.25, 0.3) is 0 Å². The Morgan fingerprint density at radius 1 is 0.667 bits per heavy atom. The number of benzene rings is 3. The summed E-state index contributed by atoms with van der Waals surface area (Å²) < 4.78 is 11.9. The molecule has 0 aliphatic heterocycles. The first-order chi connectivity index (χ1) is 14.8. The van der Waals surface area contributed by atoms with Crippen LogP contribution in [0.15, 0.2) is 78.9 Å². The third kappa shape index (κ3) is 7.47. The highest BCUT2D eigenvalue weighted by atomic mass is 16.5. The molecule has 0 aliphatic carbocycles. The van der Waals surface area contributed by atoms with Crippen LogP contribution >= 0.6 is 0 Å². The predicted octanol–water partition coefficient (Wildman–Crippen LogP) is 7.23. The van der Waals surface area contributed by atoms with Crippen molar-refractivity contribution >= 4 is 5.69 Å². The van der Waals surface area contributed by atoms with E-state index in [2.05, 4.69) is 54.7 Å². The summed E-state index contributed by atoms with van der Waals surface area (Å²) in [7, 11) is 0. The lowest BCUT2D eigenvalue weighted by Gasteiger charge is -2.14. The summed E-state index contributed by atoms with van der Waals surface area (Å²) in [4.78, 5) is 0. The van der Waals surface area contributed by atoms with Crippen LogP contribution in [0, 0.1) is 0 Å². The van der Waals surface area contributed by atoms with Gasteiger partial charge in [0.1, 0.15) is 18.1 Å². The molecule has 3 nitrogen and oxygen atoms in total. The molecule has 1 N–H and O–H groups in total. The topological polar surface area (TPSA) is 30.5 Å². The number of ether oxygens (including phenoxy) is 2. The molecule has 3 rings (SSSR count). The molecule has 0 saturated carbocycles. The number of hydrogen-bond acceptors (Lipinski definition) is 3. The molecule has 0 unspecified atom stereocenters. The Morgan fingerprint density at radius 2 is 1.40 bits per heavy atom. The van der Waals surface area contributed by atoms with Gasteiger partial charge in [0.2, 0.25) is 0 Å². The van der Waals surface area contributed by atoms with Gasteiger partial charge in [-0.05, 0) is 41.8 Å². The molecule has 3 aromatic carbocycles. The van der Waals surface area contributed by atoms with Gasteiger partial charge in [-0.25, -0.2) is 0 Å². The van der Waals surface area contributed by atoms with Crippen molar-refractivity contribution in [1.82, 2.24) is 0 Å². The van der Waals surface area contributed by atoms with Crippen LogP contribution in [-0.4, -0.2) is 6.61 Å². The standard InChI is InChI=1S/C27H33NO2/c1-2-3-4-5-11-20-29-25-18-16-23(17-19-25)21-28-26-14-9-10-15-27(26)30-22-24-12-7-6-8-13-24/h6-10,12-19,28H,2-5,11,20-22H2,1H3. The van der Waals surface area contributed by atoms with E-state index in [1.54, 1.807) is 0 Å². The average Bonchev–Trinajstić information content (AvgIpc) is 2.80. The molecule has 3 heteroatoms. The second kappa shape index (κ2) is 12.6. The molecule has 3 aromatic rings. The van der Waals surface area contributed by atoms with Crippen LogP contribution in [0.25, 0.3) is 0 Å². The van der Waals surface area contributed by atoms with Crippen molar-refractivity contribution in [2.24, 2.45) is 0 Å². The van der Waals surface area contributed by atoms with Gasteiger partial charge in [0, 0.05) is 6.54 Å². The van der Waals surface area contributed by atoms with E-state index in [0.717, 1.165) is 42.3 Å². The minimum atomic E-state index is 0.560. The minimum absolute atomic E-state index is 0.560. The smallest absolute Gasteiger partial charge is 0.142 e. The van der Waals surface area contributed by atoms with Crippen LogP contribution in [0.5, 0.6) is 11.5 Å². The Morgan fingerprint density at radius 3 is 2.20 bits per heavy atom. The Labute approximate surface area is 181 Å². The second-order valence-corrected chi connectivity index (χ2v) is 7.53. The average molecular weight is 404 g/mol. The SMILES string of the molecule is CCCCCCCOc1ccc(CNc2ccccc2OCc2ccccc2)cc1. The van der Waals surface area contributed by atoms with E-state index in [1.807, 2.05) is 36.4 Å². The Hall–Kier alpha value is -2.94. The van der Waals surface area contributed by atoms with Crippen LogP contribution in [0.3, 0.4) is 0 Å². The summed E-state index contributed by atoms with van der Waals surface area (Å²) in [6.45, 7) is 4.34. The highest BCUT2D eigenvalue weighted by molar-refractivity contribution is 5.56. The highest BCUT2D eigenvalue weighted by Crippen LogP contribution is 2.25. The zero-order valence-corrected chi connectivity index (χ0v) is 18.0. The van der Waals surface area contributed by atoms with E-state index in [0.29, 0.717) is 6.61 Å². The molecule has 0 atom stereocenters. The third-order valence-electron chi connectivity index (χ3n) is 5.05. The van der Waals surface area contributed by atoms with Crippen molar-refractivity contribution in [3.05, 3.63) is 90.0 Å². The van der Waals surface area contributed by atoms with E-state index in [4.69, 9.17) is 9.47 Å². The van der Waals surface area contributed by atoms with Crippen molar-refractivity contribution in [2.45, 2.75) is 52.2 Å². The molecular formula is C27H33NO2. The molecule has 0 bridgehead atoms. The summed E-state index contributed by atoms with van der Waals surface area (Å²) >= 11 is 0. The van der Waals surface area contributed by atoms with E-state index in [9.17, 15) is 0 Å². The van der Waals surface area contributed by atoms with Gasteiger partial charge in [-0.1, -0.05) is 87.2 Å². The molecule has 0 aliphatic rings. The number of para-hydroxylation sites is 2. The van der Waals surface area contributed by atoms with Crippen LogP contribution in [-0.2, 0) is 13.2 Å². The van der Waals surface area contributed by atoms with E-state index >= 15 is 0 Å². The highest BCUT2D eigenvalue weighted by Gasteiger charge is 2.04. The zero-order chi connectivity index (χ0) is 20.9. The molecular weight excluding hydrogens is 370 g/mol. The van der Waals surface area contributed by atoms with Crippen LogP contribution in [0.1, 0.15) is 50.2 Å². The van der Waals surface area contributed by atoms with Gasteiger partial charge in [-0.2, -0.15) is 0 Å². The summed E-state index contributed by atoms with van der Waals surface area (Å²) in [5, 5.41) is 3.49. The maximum absolute atomic E-state index is 6.03. The molecule has 0 aromatic heterocycles. The first-order valence-corrected chi connectivity index (χ1v) is 11.1. The van der Waals surface area contributed by atoms with Crippen molar-refractivity contribution in [2.75, 3.05) is 11.9 Å². The fourth-order valence-electron chi connectivity index (χ4n) is 3.27. The summed E-state index contributed by atoms with van der Waals surface area (Å²) in [5.41, 5.74) is 3.37. The second-order valence-electron chi connectivity index (χ2n) is 7.53. The zero-order valence-electron chi connectivity index (χ0n) is 18.0. The fourth-order valence-corrected chi connectivity index (χ4v) is 3.27. The first kappa shape index (κ1) is 21.8. The predicted molar refractivity (Wildman–Crippen MR) is 125 cm³/mol. The van der Waals surface area contributed by atoms with Gasteiger partial charge in [-0.3, -0.25) is 0 Å². The summed E-state index contributed by atoms with van der Waals surface area (Å²) in [6.07, 6.45) is 6.29. The number of anilines is 1. The van der Waals surface area contributed by atoms with Crippen molar-refractivity contribution in [3.8, 4) is 11.5 Å². The van der Waals surface area contributed by atoms with Crippen molar-refractivity contribution in [1.29, 1.82) is 0 Å². The lowest BCUT2D eigenvalue weighted by atomic mass is 10.2. The monoisotopic (exact) mass is 403 g/mol. The Bertz CT molecular complexity index is 846. The summed E-state index contributed by atoms with van der Waals surface area (Å²) in [6, 6.07) is 26.7. The molecule has 0 radical (unpaired) electrons.